The van der Waals surface area contributed by atoms with Gasteiger partial charge in [0.15, 0.2) is 0 Å². The molecule has 0 saturated heterocycles. The number of hydrogen-bond acceptors (Lipinski definition) is 3. The molecule has 3 unspecified atom stereocenters. The first-order valence-corrected chi connectivity index (χ1v) is 8.92. The molecule has 2 rings (SSSR count). The number of carbonyl (C=O) groups is 2. The molecular formula is C19H28N2O3. The Kier molecular flexibility index (Phi) is 6.64. The van der Waals surface area contributed by atoms with Crippen molar-refractivity contribution < 1.29 is 14.3 Å². The third kappa shape index (κ3) is 4.98. The summed E-state index contributed by atoms with van der Waals surface area (Å²) in [7, 11) is 0. The molecule has 1 aromatic rings. The molecule has 0 aromatic heterocycles. The van der Waals surface area contributed by atoms with Crippen molar-refractivity contribution in [3.8, 4) is 0 Å². The van der Waals surface area contributed by atoms with Gasteiger partial charge in [0.2, 0.25) is 5.91 Å². The van der Waals surface area contributed by atoms with Gasteiger partial charge in [0.25, 0.3) is 0 Å². The standard InChI is InChI=1S/C19H28N2O3/c1-4-13(5-2)16(6-3)21-19(23)24-17-12-15(17)18(22)20-14-10-8-7-9-11-14/h7-11,13,15-17H,4-6,12H2,1-3H3,(H,20,22)(H,21,23). The Morgan fingerprint density at radius 1 is 1.12 bits per heavy atom. The Bertz CT molecular complexity index is 543. The van der Waals surface area contributed by atoms with Crippen molar-refractivity contribution in [2.75, 3.05) is 5.32 Å². The summed E-state index contributed by atoms with van der Waals surface area (Å²) in [6.07, 6.45) is 2.81. The van der Waals surface area contributed by atoms with Gasteiger partial charge in [-0.1, -0.05) is 51.8 Å². The first-order valence-electron chi connectivity index (χ1n) is 8.92. The van der Waals surface area contributed by atoms with Crippen LogP contribution in [-0.4, -0.2) is 24.1 Å². The molecule has 0 radical (unpaired) electrons. The van der Waals surface area contributed by atoms with Crippen LogP contribution in [0.2, 0.25) is 0 Å². The molecule has 3 atom stereocenters. The van der Waals surface area contributed by atoms with E-state index in [1.165, 1.54) is 0 Å². The van der Waals surface area contributed by atoms with Crippen LogP contribution in [0.5, 0.6) is 0 Å². The van der Waals surface area contributed by atoms with Gasteiger partial charge in [0.05, 0.1) is 5.92 Å². The molecule has 1 saturated carbocycles. The lowest BCUT2D eigenvalue weighted by Crippen LogP contribution is -2.40. The minimum atomic E-state index is -0.409. The molecule has 0 heterocycles. The van der Waals surface area contributed by atoms with Gasteiger partial charge < -0.3 is 15.4 Å². The summed E-state index contributed by atoms with van der Waals surface area (Å²) < 4.78 is 5.39. The summed E-state index contributed by atoms with van der Waals surface area (Å²) in [5.41, 5.74) is 0.761. The Labute approximate surface area is 144 Å². The zero-order valence-corrected chi connectivity index (χ0v) is 14.7. The molecule has 0 aliphatic heterocycles. The summed E-state index contributed by atoms with van der Waals surface area (Å²) in [5, 5.41) is 5.80. The fourth-order valence-corrected chi connectivity index (χ4v) is 3.07. The van der Waals surface area contributed by atoms with Gasteiger partial charge in [-0.25, -0.2) is 4.79 Å². The maximum Gasteiger partial charge on any atom is 0.407 e. The SMILES string of the molecule is CCC(CC)C(CC)NC(=O)OC1CC1C(=O)Nc1ccccc1. The van der Waals surface area contributed by atoms with Crippen LogP contribution in [0.4, 0.5) is 10.5 Å². The van der Waals surface area contributed by atoms with E-state index in [0.717, 1.165) is 24.9 Å². The van der Waals surface area contributed by atoms with Crippen molar-refractivity contribution >= 4 is 17.7 Å². The van der Waals surface area contributed by atoms with E-state index in [9.17, 15) is 9.59 Å². The predicted octanol–water partition coefficient (Wildman–Crippen LogP) is 3.95. The summed E-state index contributed by atoms with van der Waals surface area (Å²) in [4.78, 5) is 24.2. The number of carbonyl (C=O) groups excluding carboxylic acids is 2. The predicted molar refractivity (Wildman–Crippen MR) is 94.7 cm³/mol. The third-order valence-corrected chi connectivity index (χ3v) is 4.73. The van der Waals surface area contributed by atoms with Crippen molar-refractivity contribution in [2.45, 2.75) is 58.6 Å². The minimum absolute atomic E-state index is 0.0916. The molecule has 0 bridgehead atoms. The quantitative estimate of drug-likeness (QED) is 0.757. The number of alkyl carbamates (subject to hydrolysis) is 1. The molecule has 1 fully saturated rings. The first kappa shape index (κ1) is 18.3. The highest BCUT2D eigenvalue weighted by molar-refractivity contribution is 5.95. The monoisotopic (exact) mass is 332 g/mol. The number of benzene rings is 1. The van der Waals surface area contributed by atoms with Crippen LogP contribution in [-0.2, 0) is 9.53 Å². The van der Waals surface area contributed by atoms with Gasteiger partial charge in [0, 0.05) is 18.2 Å². The molecule has 132 valence electrons. The highest BCUT2D eigenvalue weighted by atomic mass is 16.6. The number of amides is 2. The van der Waals surface area contributed by atoms with Crippen LogP contribution >= 0.6 is 0 Å². The molecular weight excluding hydrogens is 304 g/mol. The maximum atomic E-state index is 12.1. The van der Waals surface area contributed by atoms with Crippen LogP contribution in [0.25, 0.3) is 0 Å². The van der Waals surface area contributed by atoms with E-state index in [1.54, 1.807) is 0 Å². The number of anilines is 1. The van der Waals surface area contributed by atoms with Crippen molar-refractivity contribution in [1.29, 1.82) is 0 Å². The van der Waals surface area contributed by atoms with Gasteiger partial charge in [-0.05, 0) is 24.5 Å². The summed E-state index contributed by atoms with van der Waals surface area (Å²) in [6, 6.07) is 9.43. The topological polar surface area (TPSA) is 67.4 Å². The highest BCUT2D eigenvalue weighted by Crippen LogP contribution is 2.35. The van der Waals surface area contributed by atoms with Crippen LogP contribution < -0.4 is 10.6 Å². The lowest BCUT2D eigenvalue weighted by Gasteiger charge is -2.24. The van der Waals surface area contributed by atoms with Gasteiger partial charge in [-0.2, -0.15) is 0 Å². The second-order valence-electron chi connectivity index (χ2n) is 6.38. The average molecular weight is 332 g/mol. The number of rotatable bonds is 8. The van der Waals surface area contributed by atoms with E-state index >= 15 is 0 Å². The van der Waals surface area contributed by atoms with E-state index in [0.29, 0.717) is 12.3 Å². The largest absolute Gasteiger partial charge is 0.445 e. The molecule has 24 heavy (non-hydrogen) atoms. The number of ether oxygens (including phenoxy) is 1. The second kappa shape index (κ2) is 8.71. The molecule has 5 heteroatoms. The van der Waals surface area contributed by atoms with Crippen molar-refractivity contribution in [3.05, 3.63) is 30.3 Å². The average Bonchev–Trinajstić information content (AvgIpc) is 3.35. The van der Waals surface area contributed by atoms with E-state index in [2.05, 4.69) is 31.4 Å². The molecule has 1 aliphatic rings. The molecule has 0 spiro atoms. The smallest absolute Gasteiger partial charge is 0.407 e. The molecule has 1 aliphatic carbocycles. The Hall–Kier alpha value is -2.04. The Morgan fingerprint density at radius 2 is 1.79 bits per heavy atom. The van der Waals surface area contributed by atoms with Crippen LogP contribution in [0.1, 0.15) is 46.5 Å². The Balaban J connectivity index is 1.77. The van der Waals surface area contributed by atoms with Gasteiger partial charge >= 0.3 is 6.09 Å². The van der Waals surface area contributed by atoms with Crippen molar-refractivity contribution in [3.63, 3.8) is 0 Å². The van der Waals surface area contributed by atoms with E-state index in [4.69, 9.17) is 4.74 Å². The lowest BCUT2D eigenvalue weighted by molar-refractivity contribution is -0.117. The normalized spacial score (nSPS) is 20.3. The van der Waals surface area contributed by atoms with E-state index in [1.807, 2.05) is 30.3 Å². The fraction of sp³-hybridized carbons (Fsp3) is 0.579. The minimum Gasteiger partial charge on any atom is -0.445 e. The number of hydrogen-bond donors (Lipinski definition) is 2. The molecule has 2 N–H and O–H groups in total. The Morgan fingerprint density at radius 3 is 2.38 bits per heavy atom. The van der Waals surface area contributed by atoms with Crippen LogP contribution in [0.3, 0.4) is 0 Å². The zero-order valence-electron chi connectivity index (χ0n) is 14.7. The third-order valence-electron chi connectivity index (χ3n) is 4.73. The van der Waals surface area contributed by atoms with E-state index in [-0.39, 0.29) is 24.0 Å². The lowest BCUT2D eigenvalue weighted by atomic mass is 9.92. The van der Waals surface area contributed by atoms with E-state index < -0.39 is 6.09 Å². The molecule has 1 aromatic carbocycles. The van der Waals surface area contributed by atoms with Gasteiger partial charge in [0.1, 0.15) is 6.10 Å². The number of para-hydroxylation sites is 1. The summed E-state index contributed by atoms with van der Waals surface area (Å²) in [6.45, 7) is 6.33. The van der Waals surface area contributed by atoms with Crippen LogP contribution in [0, 0.1) is 11.8 Å². The zero-order chi connectivity index (χ0) is 17.5. The van der Waals surface area contributed by atoms with Crippen LogP contribution in [0.15, 0.2) is 30.3 Å². The fourth-order valence-electron chi connectivity index (χ4n) is 3.07. The summed E-state index contributed by atoms with van der Waals surface area (Å²) in [5.74, 6) is 0.120. The van der Waals surface area contributed by atoms with Crippen molar-refractivity contribution in [1.82, 2.24) is 5.32 Å². The highest BCUT2D eigenvalue weighted by Gasteiger charge is 2.46. The molecule has 5 nitrogen and oxygen atoms in total. The summed E-state index contributed by atoms with van der Waals surface area (Å²) >= 11 is 0. The maximum absolute atomic E-state index is 12.1. The van der Waals surface area contributed by atoms with Gasteiger partial charge in [-0.3, -0.25) is 4.79 Å². The van der Waals surface area contributed by atoms with Gasteiger partial charge in [-0.15, -0.1) is 0 Å². The second-order valence-corrected chi connectivity index (χ2v) is 6.38. The number of nitrogens with one attached hydrogen (secondary N) is 2. The van der Waals surface area contributed by atoms with Crippen molar-refractivity contribution in [2.24, 2.45) is 11.8 Å². The first-order chi connectivity index (χ1) is 11.6. The molecule has 2 amide bonds.